The molecule has 3 aromatic rings. The van der Waals surface area contributed by atoms with Crippen LogP contribution in [-0.4, -0.2) is 11.9 Å². The number of hydrogen-bond donors (Lipinski definition) is 0. The first kappa shape index (κ1) is 14.5. The van der Waals surface area contributed by atoms with Gasteiger partial charge in [0.25, 0.3) is 0 Å². The summed E-state index contributed by atoms with van der Waals surface area (Å²) in [5, 5.41) is 3.81. The molecule has 0 aliphatic heterocycles. The van der Waals surface area contributed by atoms with Gasteiger partial charge < -0.3 is 4.57 Å². The van der Waals surface area contributed by atoms with E-state index in [0.717, 1.165) is 9.24 Å². The molecule has 0 saturated heterocycles. The Morgan fingerprint density at radius 1 is 0.857 bits per heavy atom. The van der Waals surface area contributed by atoms with E-state index >= 15 is 0 Å². The molecule has 3 rings (SSSR count). The minimum atomic E-state index is -2.86. The van der Waals surface area contributed by atoms with Crippen LogP contribution in [0, 0.1) is 0 Å². The van der Waals surface area contributed by atoms with Gasteiger partial charge in [-0.25, -0.2) is 0 Å². The molecule has 0 N–H and O–H groups in total. The van der Waals surface area contributed by atoms with Gasteiger partial charge in [-0.15, -0.1) is 22.7 Å². The molecule has 21 heavy (non-hydrogen) atoms. The van der Waals surface area contributed by atoms with Crippen LogP contribution in [0.1, 0.15) is 10.4 Å². The van der Waals surface area contributed by atoms with Crippen LogP contribution in [0.4, 0.5) is 0 Å². The maximum Gasteiger partial charge on any atom is 0.170 e. The standard InChI is InChI=1S/C16H13O2PS2/c17-14(13-6-2-1-3-7-13)12-19(18,15-8-4-10-20-15)16-9-5-11-21-16/h1-11H,12H2. The second-order valence-electron chi connectivity index (χ2n) is 4.59. The smallest absolute Gasteiger partial charge is 0.170 e. The zero-order chi connectivity index (χ0) is 14.7. The van der Waals surface area contributed by atoms with Crippen LogP contribution < -0.4 is 9.24 Å². The molecule has 0 aliphatic rings. The first-order valence-corrected chi connectivity index (χ1v) is 10.1. The van der Waals surface area contributed by atoms with E-state index in [0.29, 0.717) is 5.56 Å². The number of carbonyl (C=O) groups excluding carboxylic acids is 1. The fraction of sp³-hybridized carbons (Fsp3) is 0.0625. The SMILES string of the molecule is O=C(CP(=O)(c1cccs1)c1cccs1)c1ccccc1. The van der Waals surface area contributed by atoms with Crippen molar-refractivity contribution in [3.8, 4) is 0 Å². The lowest BCUT2D eigenvalue weighted by Gasteiger charge is -2.14. The van der Waals surface area contributed by atoms with Crippen LogP contribution in [0.25, 0.3) is 0 Å². The zero-order valence-corrected chi connectivity index (χ0v) is 13.7. The molecule has 106 valence electrons. The monoisotopic (exact) mass is 332 g/mol. The number of Topliss-reactive ketones (excluding diaryl/α,β-unsaturated/α-hetero) is 1. The van der Waals surface area contributed by atoms with Gasteiger partial charge in [0.1, 0.15) is 0 Å². The Balaban J connectivity index is 1.99. The van der Waals surface area contributed by atoms with E-state index in [1.165, 1.54) is 22.7 Å². The third kappa shape index (κ3) is 2.93. The van der Waals surface area contributed by atoms with Gasteiger partial charge in [-0.1, -0.05) is 42.5 Å². The van der Waals surface area contributed by atoms with Crippen molar-refractivity contribution in [1.29, 1.82) is 0 Å². The molecule has 0 unspecified atom stereocenters. The van der Waals surface area contributed by atoms with Crippen LogP contribution in [0.5, 0.6) is 0 Å². The molecule has 2 nitrogen and oxygen atoms in total. The zero-order valence-electron chi connectivity index (χ0n) is 11.1. The summed E-state index contributed by atoms with van der Waals surface area (Å²) in [7, 11) is -2.86. The summed E-state index contributed by atoms with van der Waals surface area (Å²) >= 11 is 2.91. The summed E-state index contributed by atoms with van der Waals surface area (Å²) in [6.07, 6.45) is 0.0536. The maximum absolute atomic E-state index is 13.5. The van der Waals surface area contributed by atoms with Gasteiger partial charge in [-0.3, -0.25) is 4.79 Å². The Bertz CT molecular complexity index is 724. The Labute approximate surface area is 131 Å². The molecule has 0 spiro atoms. The van der Waals surface area contributed by atoms with Crippen LogP contribution in [0.2, 0.25) is 0 Å². The highest BCUT2D eigenvalue weighted by Gasteiger charge is 2.32. The fourth-order valence-corrected chi connectivity index (χ4v) is 7.69. The van der Waals surface area contributed by atoms with E-state index < -0.39 is 7.14 Å². The van der Waals surface area contributed by atoms with E-state index in [-0.39, 0.29) is 11.9 Å². The molecular formula is C16H13O2PS2. The van der Waals surface area contributed by atoms with Crippen LogP contribution in [0.3, 0.4) is 0 Å². The molecule has 0 atom stereocenters. The van der Waals surface area contributed by atoms with Crippen molar-refractivity contribution in [1.82, 2.24) is 0 Å². The average Bonchev–Trinajstić information content (AvgIpc) is 3.21. The number of carbonyl (C=O) groups is 1. The molecule has 0 saturated carbocycles. The van der Waals surface area contributed by atoms with Gasteiger partial charge in [-0.2, -0.15) is 0 Å². The van der Waals surface area contributed by atoms with Crippen LogP contribution >= 0.6 is 29.8 Å². The van der Waals surface area contributed by atoms with Gasteiger partial charge in [0.05, 0.1) is 15.4 Å². The molecule has 2 aromatic heterocycles. The van der Waals surface area contributed by atoms with Crippen molar-refractivity contribution in [2.75, 3.05) is 6.16 Å². The molecule has 0 bridgehead atoms. The average molecular weight is 332 g/mol. The number of hydrogen-bond acceptors (Lipinski definition) is 4. The maximum atomic E-state index is 13.5. The van der Waals surface area contributed by atoms with E-state index in [4.69, 9.17) is 0 Å². The van der Waals surface area contributed by atoms with Crippen molar-refractivity contribution in [2.45, 2.75) is 0 Å². The molecule has 0 aliphatic carbocycles. The topological polar surface area (TPSA) is 34.1 Å². The quantitative estimate of drug-likeness (QED) is 0.523. The Morgan fingerprint density at radius 2 is 1.43 bits per heavy atom. The first-order valence-electron chi connectivity index (χ1n) is 6.45. The molecule has 1 aromatic carbocycles. The molecule has 2 heterocycles. The second kappa shape index (κ2) is 6.10. The van der Waals surface area contributed by atoms with Gasteiger partial charge >= 0.3 is 0 Å². The predicted octanol–water partition coefficient (Wildman–Crippen LogP) is 4.01. The number of benzene rings is 1. The van der Waals surface area contributed by atoms with E-state index in [1.807, 2.05) is 53.2 Å². The van der Waals surface area contributed by atoms with E-state index in [9.17, 15) is 9.36 Å². The summed E-state index contributed by atoms with van der Waals surface area (Å²) < 4.78 is 15.1. The summed E-state index contributed by atoms with van der Waals surface area (Å²) in [4.78, 5) is 12.5. The fourth-order valence-electron chi connectivity index (χ4n) is 2.13. The van der Waals surface area contributed by atoms with Crippen molar-refractivity contribution in [3.05, 3.63) is 70.9 Å². The number of ketones is 1. The lowest BCUT2D eigenvalue weighted by atomic mass is 10.2. The molecule has 0 radical (unpaired) electrons. The van der Waals surface area contributed by atoms with E-state index in [1.54, 1.807) is 12.1 Å². The normalized spacial score (nSPS) is 11.4. The Kier molecular flexibility index (Phi) is 4.20. The predicted molar refractivity (Wildman–Crippen MR) is 91.2 cm³/mol. The Hall–Kier alpha value is -1.48. The van der Waals surface area contributed by atoms with Gasteiger partial charge in [0.2, 0.25) is 0 Å². The molecular weight excluding hydrogens is 319 g/mol. The van der Waals surface area contributed by atoms with E-state index in [2.05, 4.69) is 0 Å². The first-order chi connectivity index (χ1) is 10.2. The van der Waals surface area contributed by atoms with Crippen molar-refractivity contribution in [2.24, 2.45) is 0 Å². The second-order valence-corrected chi connectivity index (χ2v) is 9.85. The highest BCUT2D eigenvalue weighted by Crippen LogP contribution is 2.46. The third-order valence-corrected chi connectivity index (χ3v) is 9.38. The van der Waals surface area contributed by atoms with Gasteiger partial charge in [-0.05, 0) is 22.9 Å². The van der Waals surface area contributed by atoms with Crippen molar-refractivity contribution >= 4 is 44.8 Å². The molecule has 5 heteroatoms. The largest absolute Gasteiger partial charge is 0.312 e. The molecule has 0 amide bonds. The van der Waals surface area contributed by atoms with Crippen molar-refractivity contribution < 1.29 is 9.36 Å². The lowest BCUT2D eigenvalue weighted by molar-refractivity contribution is 0.102. The minimum Gasteiger partial charge on any atom is -0.312 e. The van der Waals surface area contributed by atoms with Gasteiger partial charge in [0.15, 0.2) is 12.9 Å². The lowest BCUT2D eigenvalue weighted by Crippen LogP contribution is -2.19. The minimum absolute atomic E-state index is 0.0536. The molecule has 0 fully saturated rings. The van der Waals surface area contributed by atoms with Crippen molar-refractivity contribution in [3.63, 3.8) is 0 Å². The summed E-state index contributed by atoms with van der Waals surface area (Å²) in [5.74, 6) is -0.0688. The summed E-state index contributed by atoms with van der Waals surface area (Å²) in [6, 6.07) is 16.6. The number of thiophene rings is 2. The summed E-state index contributed by atoms with van der Waals surface area (Å²) in [5.41, 5.74) is 0.617. The van der Waals surface area contributed by atoms with Crippen LogP contribution in [-0.2, 0) is 4.57 Å². The highest BCUT2D eigenvalue weighted by molar-refractivity contribution is 7.87. The third-order valence-electron chi connectivity index (χ3n) is 3.19. The highest BCUT2D eigenvalue weighted by atomic mass is 32.1. The van der Waals surface area contributed by atoms with Crippen LogP contribution in [0.15, 0.2) is 65.4 Å². The van der Waals surface area contributed by atoms with Gasteiger partial charge in [0, 0.05) is 5.56 Å². The Morgan fingerprint density at radius 3 is 1.90 bits per heavy atom. The number of rotatable bonds is 5. The summed E-state index contributed by atoms with van der Waals surface area (Å²) in [6.45, 7) is 0.